The molecule has 5 rings (SSSR count). The number of imide groups is 1. The van der Waals surface area contributed by atoms with Gasteiger partial charge in [0.1, 0.15) is 11.6 Å². The van der Waals surface area contributed by atoms with Crippen molar-refractivity contribution in [3.63, 3.8) is 0 Å². The van der Waals surface area contributed by atoms with Crippen LogP contribution in [0.4, 0.5) is 14.5 Å². The third kappa shape index (κ3) is 2.57. The first-order valence-electron chi connectivity index (χ1n) is 9.67. The second kappa shape index (κ2) is 6.56. The molecule has 4 atom stereocenters. The maximum atomic E-state index is 14.3. The van der Waals surface area contributed by atoms with Crippen LogP contribution < -0.4 is 4.90 Å². The Hall–Kier alpha value is -2.93. The number of halogens is 2. The van der Waals surface area contributed by atoms with Crippen LogP contribution >= 0.6 is 0 Å². The molecule has 3 saturated heterocycles. The summed E-state index contributed by atoms with van der Waals surface area (Å²) >= 11 is 0. The number of rotatable bonds is 3. The van der Waals surface area contributed by atoms with Crippen molar-refractivity contribution in [2.24, 2.45) is 11.8 Å². The van der Waals surface area contributed by atoms with Gasteiger partial charge in [0.05, 0.1) is 23.6 Å². The Morgan fingerprint density at radius 2 is 1.62 bits per heavy atom. The lowest BCUT2D eigenvalue weighted by Crippen LogP contribution is -2.46. The van der Waals surface area contributed by atoms with E-state index in [0.717, 1.165) is 11.3 Å². The summed E-state index contributed by atoms with van der Waals surface area (Å²) in [5.41, 5.74) is 0.224. The van der Waals surface area contributed by atoms with Crippen molar-refractivity contribution < 1.29 is 23.2 Å². The fourth-order valence-electron chi connectivity index (χ4n) is 5.17. The summed E-state index contributed by atoms with van der Waals surface area (Å²) in [5.74, 6) is -3.93. The van der Waals surface area contributed by atoms with E-state index in [0.29, 0.717) is 18.5 Å². The van der Waals surface area contributed by atoms with Gasteiger partial charge in [-0.15, -0.1) is 0 Å². The van der Waals surface area contributed by atoms with Crippen LogP contribution in [-0.4, -0.2) is 41.1 Å². The zero-order valence-corrected chi connectivity index (χ0v) is 15.4. The number of fused-ring (bicyclic) bond motifs is 3. The van der Waals surface area contributed by atoms with Gasteiger partial charge >= 0.3 is 0 Å². The smallest absolute Gasteiger partial charge is 0.239 e. The number of hydrogen-bond donors (Lipinski definition) is 0. The van der Waals surface area contributed by atoms with Gasteiger partial charge in [-0.2, -0.15) is 0 Å². The van der Waals surface area contributed by atoms with E-state index in [9.17, 15) is 23.2 Å². The van der Waals surface area contributed by atoms with Gasteiger partial charge < -0.3 is 0 Å². The Labute approximate surface area is 165 Å². The van der Waals surface area contributed by atoms with Crippen LogP contribution in [0, 0.1) is 23.5 Å². The molecule has 0 bridgehead atoms. The molecule has 3 aliphatic rings. The highest BCUT2D eigenvalue weighted by molar-refractivity contribution is 6.24. The zero-order chi connectivity index (χ0) is 20.3. The third-order valence-electron chi connectivity index (χ3n) is 6.34. The lowest BCUT2D eigenvalue weighted by atomic mass is 9.85. The van der Waals surface area contributed by atoms with Crippen molar-refractivity contribution >= 4 is 23.3 Å². The fraction of sp³-hybridized carbons (Fsp3) is 0.318. The topological polar surface area (TPSA) is 57.7 Å². The van der Waals surface area contributed by atoms with Crippen molar-refractivity contribution in [2.75, 3.05) is 11.4 Å². The molecule has 4 unspecified atom stereocenters. The number of carbonyl (C=O) groups excluding carboxylic acids is 3. The minimum Gasteiger partial charge on any atom is -0.292 e. The predicted molar refractivity (Wildman–Crippen MR) is 100 cm³/mol. The second-order valence-corrected chi connectivity index (χ2v) is 7.78. The first-order valence-corrected chi connectivity index (χ1v) is 9.67. The minimum atomic E-state index is -0.857. The zero-order valence-electron chi connectivity index (χ0n) is 15.4. The molecule has 148 valence electrons. The van der Waals surface area contributed by atoms with Crippen LogP contribution in [0.2, 0.25) is 0 Å². The number of anilines is 1. The quantitative estimate of drug-likeness (QED) is 0.591. The van der Waals surface area contributed by atoms with E-state index < -0.39 is 41.3 Å². The summed E-state index contributed by atoms with van der Waals surface area (Å²) in [4.78, 5) is 42.6. The van der Waals surface area contributed by atoms with Gasteiger partial charge in [0, 0.05) is 11.6 Å². The predicted octanol–water partition coefficient (Wildman–Crippen LogP) is 2.80. The van der Waals surface area contributed by atoms with E-state index in [1.54, 1.807) is 6.07 Å². The molecule has 5 nitrogen and oxygen atoms in total. The summed E-state index contributed by atoms with van der Waals surface area (Å²) in [6.45, 7) is 0.621. The average Bonchev–Trinajstić information content (AvgIpc) is 3.35. The van der Waals surface area contributed by atoms with E-state index in [-0.39, 0.29) is 17.5 Å². The van der Waals surface area contributed by atoms with Gasteiger partial charge in [-0.1, -0.05) is 12.1 Å². The number of hydrogen-bond acceptors (Lipinski definition) is 4. The highest BCUT2D eigenvalue weighted by Gasteiger charge is 2.64. The fourth-order valence-corrected chi connectivity index (χ4v) is 5.17. The Kier molecular flexibility index (Phi) is 4.10. The third-order valence-corrected chi connectivity index (χ3v) is 6.34. The normalized spacial score (nSPS) is 28.7. The first-order chi connectivity index (χ1) is 14.0. The monoisotopic (exact) mass is 396 g/mol. The van der Waals surface area contributed by atoms with Crippen molar-refractivity contribution in [1.82, 2.24) is 4.90 Å². The van der Waals surface area contributed by atoms with Crippen molar-refractivity contribution in [1.29, 1.82) is 0 Å². The number of para-hydroxylation sites is 1. The molecule has 0 saturated carbocycles. The largest absolute Gasteiger partial charge is 0.292 e. The molecule has 2 aromatic rings. The van der Waals surface area contributed by atoms with Crippen LogP contribution in [-0.2, 0) is 9.59 Å². The van der Waals surface area contributed by atoms with E-state index in [1.165, 1.54) is 42.5 Å². The highest BCUT2D eigenvalue weighted by atomic mass is 19.1. The number of ketones is 1. The van der Waals surface area contributed by atoms with Crippen LogP contribution in [0.25, 0.3) is 0 Å². The maximum absolute atomic E-state index is 14.3. The SMILES string of the molecule is O=C(c1ccc(F)cc1)C1C2C(=O)N(c3ccccc3F)C(=O)C2C2CCCN21. The number of benzene rings is 2. The highest BCUT2D eigenvalue weighted by Crippen LogP contribution is 2.48. The molecule has 0 aliphatic carbocycles. The molecule has 7 heteroatoms. The van der Waals surface area contributed by atoms with Gasteiger partial charge in [-0.25, -0.2) is 13.7 Å². The van der Waals surface area contributed by atoms with Crippen molar-refractivity contribution in [3.05, 3.63) is 65.7 Å². The van der Waals surface area contributed by atoms with E-state index >= 15 is 0 Å². The summed E-state index contributed by atoms with van der Waals surface area (Å²) in [6, 6.07) is 9.83. The summed E-state index contributed by atoms with van der Waals surface area (Å²) in [7, 11) is 0. The first kappa shape index (κ1) is 18.1. The molecule has 0 radical (unpaired) electrons. The maximum Gasteiger partial charge on any atom is 0.239 e. The molecular weight excluding hydrogens is 378 g/mol. The molecule has 0 spiro atoms. The Balaban J connectivity index is 1.56. The number of amides is 2. The standard InChI is InChI=1S/C22H18F2N2O3/c23-13-9-7-12(8-10-13)20(27)19-18-17(16-6-3-11-25(16)19)21(28)26(22(18)29)15-5-2-1-4-14(15)24/h1-2,4-5,7-10,16-19H,3,6,11H2. The molecule has 2 amide bonds. The van der Waals surface area contributed by atoms with Gasteiger partial charge in [0.15, 0.2) is 5.78 Å². The molecule has 3 fully saturated rings. The molecule has 3 aliphatic heterocycles. The van der Waals surface area contributed by atoms with Crippen LogP contribution in [0.5, 0.6) is 0 Å². The van der Waals surface area contributed by atoms with E-state index in [4.69, 9.17) is 0 Å². The molecule has 3 heterocycles. The second-order valence-electron chi connectivity index (χ2n) is 7.78. The number of carbonyl (C=O) groups is 3. The Morgan fingerprint density at radius 3 is 2.34 bits per heavy atom. The number of nitrogens with zero attached hydrogens (tertiary/aromatic N) is 2. The van der Waals surface area contributed by atoms with Gasteiger partial charge in [-0.05, 0) is 55.8 Å². The summed E-state index contributed by atoms with van der Waals surface area (Å²) < 4.78 is 27.6. The lowest BCUT2D eigenvalue weighted by molar-refractivity contribution is -0.123. The van der Waals surface area contributed by atoms with E-state index in [2.05, 4.69) is 0 Å². The summed E-state index contributed by atoms with van der Waals surface area (Å²) in [6.07, 6.45) is 1.53. The van der Waals surface area contributed by atoms with Gasteiger partial charge in [0.2, 0.25) is 11.8 Å². The molecule has 0 aromatic heterocycles. The van der Waals surface area contributed by atoms with Gasteiger partial charge in [-0.3, -0.25) is 19.3 Å². The summed E-state index contributed by atoms with van der Waals surface area (Å²) in [5, 5.41) is 0. The van der Waals surface area contributed by atoms with E-state index in [1.807, 2.05) is 4.90 Å². The van der Waals surface area contributed by atoms with Gasteiger partial charge in [0.25, 0.3) is 0 Å². The van der Waals surface area contributed by atoms with Crippen molar-refractivity contribution in [3.8, 4) is 0 Å². The molecule has 2 aromatic carbocycles. The minimum absolute atomic E-state index is 0.0746. The van der Waals surface area contributed by atoms with Crippen LogP contribution in [0.3, 0.4) is 0 Å². The lowest BCUT2D eigenvalue weighted by Gasteiger charge is -2.27. The Morgan fingerprint density at radius 1 is 0.931 bits per heavy atom. The number of Topliss-reactive ketones (excluding diaryl/α,β-unsaturated/α-hetero) is 1. The molecular formula is C22H18F2N2O3. The average molecular weight is 396 g/mol. The molecule has 29 heavy (non-hydrogen) atoms. The Bertz CT molecular complexity index is 1020. The van der Waals surface area contributed by atoms with Crippen molar-refractivity contribution in [2.45, 2.75) is 24.9 Å². The van der Waals surface area contributed by atoms with Crippen LogP contribution in [0.1, 0.15) is 23.2 Å². The molecule has 0 N–H and O–H groups in total. The van der Waals surface area contributed by atoms with Crippen LogP contribution in [0.15, 0.2) is 48.5 Å².